The minimum atomic E-state index is -3.89. The Morgan fingerprint density at radius 2 is 1.94 bits per heavy atom. The van der Waals surface area contributed by atoms with Gasteiger partial charge in [0.25, 0.3) is 0 Å². The normalized spacial score (nSPS) is 15.3. The van der Waals surface area contributed by atoms with Crippen LogP contribution in [-0.4, -0.2) is 29.7 Å². The van der Waals surface area contributed by atoms with E-state index < -0.39 is 27.3 Å². The van der Waals surface area contributed by atoms with Crippen LogP contribution in [0, 0.1) is 13.8 Å². The lowest BCUT2D eigenvalue weighted by Gasteiger charge is -2.15. The van der Waals surface area contributed by atoms with Crippen molar-refractivity contribution in [2.45, 2.75) is 39.0 Å². The lowest BCUT2D eigenvalue weighted by atomic mass is 10.2. The lowest BCUT2D eigenvalue weighted by molar-refractivity contribution is -0.136. The van der Waals surface area contributed by atoms with Gasteiger partial charge in [-0.25, -0.2) is 18.1 Å². The highest BCUT2D eigenvalue weighted by Gasteiger charge is 2.30. The van der Waals surface area contributed by atoms with Crippen molar-refractivity contribution in [2.75, 3.05) is 0 Å². The molecule has 18 heavy (non-hydrogen) atoms. The second-order valence-corrected chi connectivity index (χ2v) is 7.32. The summed E-state index contributed by atoms with van der Waals surface area (Å²) in [6.07, 6.45) is 0. The molecule has 1 rings (SSSR count). The van der Waals surface area contributed by atoms with Crippen LogP contribution in [0.25, 0.3) is 0 Å². The molecule has 0 amide bonds. The topological polar surface area (TPSA) is 96.4 Å². The summed E-state index contributed by atoms with van der Waals surface area (Å²) in [6, 6.07) is -0.483. The molecule has 1 aromatic rings. The molecule has 2 atom stereocenters. The molecule has 0 bridgehead atoms. The molecular formula is C10H16N2O4S2. The summed E-state index contributed by atoms with van der Waals surface area (Å²) in [4.78, 5) is 15.7. The summed E-state index contributed by atoms with van der Waals surface area (Å²) < 4.78 is 25.9. The Bertz CT molecular complexity index is 550. The summed E-state index contributed by atoms with van der Waals surface area (Å²) in [6.45, 7) is 6.45. The highest BCUT2D eigenvalue weighted by atomic mass is 32.2. The van der Waals surface area contributed by atoms with E-state index >= 15 is 0 Å². The van der Waals surface area contributed by atoms with E-state index in [2.05, 4.69) is 9.71 Å². The Kier molecular flexibility index (Phi) is 4.46. The number of aliphatic carboxylic acids is 1. The average molecular weight is 292 g/mol. The van der Waals surface area contributed by atoms with Gasteiger partial charge in [0.15, 0.2) is 5.25 Å². The maximum Gasteiger partial charge on any atom is 0.323 e. The Morgan fingerprint density at radius 3 is 2.33 bits per heavy atom. The van der Waals surface area contributed by atoms with Gasteiger partial charge in [0.1, 0.15) is 0 Å². The highest BCUT2D eigenvalue weighted by molar-refractivity contribution is 7.90. The van der Waals surface area contributed by atoms with Crippen LogP contribution in [0.4, 0.5) is 0 Å². The first-order valence-electron chi connectivity index (χ1n) is 5.33. The molecule has 2 N–H and O–H groups in total. The average Bonchev–Trinajstić information content (AvgIpc) is 2.55. The number of carboxylic acids is 1. The molecule has 6 nitrogen and oxygen atoms in total. The first-order valence-corrected chi connectivity index (χ1v) is 7.69. The van der Waals surface area contributed by atoms with Crippen molar-refractivity contribution < 1.29 is 18.3 Å². The maximum atomic E-state index is 11.8. The first-order chi connectivity index (χ1) is 8.15. The zero-order chi connectivity index (χ0) is 14.1. The maximum absolute atomic E-state index is 11.8. The standard InChI is InChI=1S/C10H16N2O4S2/c1-5-9(17-8(4)11-5)6(2)12-18(15,16)7(3)10(13)14/h6-7,12H,1-4H3,(H,13,14). The fourth-order valence-corrected chi connectivity index (χ4v) is 3.57. The Balaban J connectivity index is 2.92. The second kappa shape index (κ2) is 5.33. The fraction of sp³-hybridized carbons (Fsp3) is 0.600. The van der Waals surface area contributed by atoms with Crippen LogP contribution in [0.3, 0.4) is 0 Å². The van der Waals surface area contributed by atoms with Gasteiger partial charge in [-0.1, -0.05) is 0 Å². The third-order valence-corrected chi connectivity index (χ3v) is 5.56. The number of rotatable bonds is 5. The molecule has 8 heteroatoms. The number of sulfonamides is 1. The van der Waals surface area contributed by atoms with Crippen LogP contribution >= 0.6 is 11.3 Å². The van der Waals surface area contributed by atoms with Crippen molar-refractivity contribution in [3.63, 3.8) is 0 Å². The van der Waals surface area contributed by atoms with Gasteiger partial charge in [-0.2, -0.15) is 0 Å². The van der Waals surface area contributed by atoms with E-state index in [-0.39, 0.29) is 0 Å². The van der Waals surface area contributed by atoms with Crippen molar-refractivity contribution in [2.24, 2.45) is 0 Å². The molecule has 1 aromatic heterocycles. The third-order valence-electron chi connectivity index (χ3n) is 2.49. The van der Waals surface area contributed by atoms with Gasteiger partial charge >= 0.3 is 5.97 Å². The largest absolute Gasteiger partial charge is 0.480 e. The van der Waals surface area contributed by atoms with Crippen LogP contribution in [0.5, 0.6) is 0 Å². The molecule has 0 fully saturated rings. The molecule has 0 aliphatic carbocycles. The van der Waals surface area contributed by atoms with E-state index in [4.69, 9.17) is 5.11 Å². The molecule has 102 valence electrons. The van der Waals surface area contributed by atoms with Gasteiger partial charge < -0.3 is 5.11 Å². The molecule has 0 radical (unpaired) electrons. The van der Waals surface area contributed by atoms with Crippen molar-refractivity contribution in [3.05, 3.63) is 15.6 Å². The molecule has 0 spiro atoms. The number of nitrogens with one attached hydrogen (secondary N) is 1. The zero-order valence-corrected chi connectivity index (χ0v) is 12.2. The molecule has 0 saturated carbocycles. The van der Waals surface area contributed by atoms with E-state index in [1.165, 1.54) is 11.3 Å². The van der Waals surface area contributed by atoms with Gasteiger partial charge in [0.05, 0.1) is 16.7 Å². The van der Waals surface area contributed by atoms with Gasteiger partial charge in [-0.15, -0.1) is 11.3 Å². The molecular weight excluding hydrogens is 276 g/mol. The Hall–Kier alpha value is -0.990. The predicted molar refractivity (Wildman–Crippen MR) is 69.2 cm³/mol. The smallest absolute Gasteiger partial charge is 0.323 e. The summed E-state index contributed by atoms with van der Waals surface area (Å²) in [5, 5.41) is 8.10. The summed E-state index contributed by atoms with van der Waals surface area (Å²) >= 11 is 1.40. The molecule has 1 heterocycles. The fourth-order valence-electron chi connectivity index (χ4n) is 1.48. The number of aryl methyl sites for hydroxylation is 2. The number of aromatic nitrogens is 1. The Morgan fingerprint density at radius 1 is 1.39 bits per heavy atom. The minimum Gasteiger partial charge on any atom is -0.480 e. The predicted octanol–water partition coefficient (Wildman–Crippen LogP) is 1.21. The number of hydrogen-bond acceptors (Lipinski definition) is 5. The number of carboxylic acid groups (broad SMARTS) is 1. The number of thiazole rings is 1. The molecule has 2 unspecified atom stereocenters. The molecule has 0 aromatic carbocycles. The quantitative estimate of drug-likeness (QED) is 0.850. The molecule has 0 aliphatic heterocycles. The van der Waals surface area contributed by atoms with Crippen LogP contribution in [0.1, 0.15) is 35.5 Å². The van der Waals surface area contributed by atoms with Gasteiger partial charge in [0, 0.05) is 4.88 Å². The molecule has 0 aliphatic rings. The van der Waals surface area contributed by atoms with Gasteiger partial charge in [-0.05, 0) is 27.7 Å². The Labute approximate surface area is 110 Å². The van der Waals surface area contributed by atoms with Crippen molar-refractivity contribution in [1.29, 1.82) is 0 Å². The highest BCUT2D eigenvalue weighted by Crippen LogP contribution is 2.25. The van der Waals surface area contributed by atoms with E-state index in [9.17, 15) is 13.2 Å². The second-order valence-electron chi connectivity index (χ2n) is 4.05. The third kappa shape index (κ3) is 3.27. The van der Waals surface area contributed by atoms with Crippen molar-refractivity contribution in [1.82, 2.24) is 9.71 Å². The van der Waals surface area contributed by atoms with Crippen molar-refractivity contribution in [3.8, 4) is 0 Å². The van der Waals surface area contributed by atoms with E-state index in [1.807, 2.05) is 6.92 Å². The van der Waals surface area contributed by atoms with Crippen LogP contribution in [0.15, 0.2) is 0 Å². The first kappa shape index (κ1) is 15.1. The van der Waals surface area contributed by atoms with Crippen LogP contribution < -0.4 is 4.72 Å². The minimum absolute atomic E-state index is 0.483. The number of carbonyl (C=O) groups is 1. The zero-order valence-electron chi connectivity index (χ0n) is 10.6. The van der Waals surface area contributed by atoms with Crippen LogP contribution in [-0.2, 0) is 14.8 Å². The number of nitrogens with zero attached hydrogens (tertiary/aromatic N) is 1. The number of hydrogen-bond donors (Lipinski definition) is 2. The molecule has 0 saturated heterocycles. The van der Waals surface area contributed by atoms with Gasteiger partial charge in [-0.3, -0.25) is 4.79 Å². The lowest BCUT2D eigenvalue weighted by Crippen LogP contribution is -2.38. The summed E-state index contributed by atoms with van der Waals surface area (Å²) in [5.41, 5.74) is 0.760. The summed E-state index contributed by atoms with van der Waals surface area (Å²) in [5.74, 6) is -1.37. The van der Waals surface area contributed by atoms with Crippen LogP contribution in [0.2, 0.25) is 0 Å². The van der Waals surface area contributed by atoms with E-state index in [0.29, 0.717) is 0 Å². The SMILES string of the molecule is Cc1nc(C)c(C(C)NS(=O)(=O)C(C)C(=O)O)s1. The van der Waals surface area contributed by atoms with Crippen molar-refractivity contribution >= 4 is 27.3 Å². The van der Waals surface area contributed by atoms with Gasteiger partial charge in [0.2, 0.25) is 10.0 Å². The summed E-state index contributed by atoms with van der Waals surface area (Å²) in [7, 11) is -3.89. The monoisotopic (exact) mass is 292 g/mol. The van der Waals surface area contributed by atoms with E-state index in [0.717, 1.165) is 22.5 Å². The van der Waals surface area contributed by atoms with E-state index in [1.54, 1.807) is 13.8 Å².